The number of carbonyl (C=O) groups is 1. The quantitative estimate of drug-likeness (QED) is 0.792. The van der Waals surface area contributed by atoms with Crippen LogP contribution in [0.25, 0.3) is 0 Å². The molecule has 1 aliphatic heterocycles. The largest absolute Gasteiger partial charge is 0.493 e. The van der Waals surface area contributed by atoms with E-state index in [0.29, 0.717) is 6.61 Å². The zero-order valence-electron chi connectivity index (χ0n) is 11.6. The lowest BCUT2D eigenvalue weighted by atomic mass is 9.86. The van der Waals surface area contributed by atoms with E-state index in [1.54, 1.807) is 12.1 Å². The second-order valence-electron chi connectivity index (χ2n) is 4.96. The Bertz CT molecular complexity index is 681. The standard InChI is InChI=1S/C17H15FO3/c1-20-17(19)14-10-11(6-7-15(14)18)12-8-9-21-16-5-3-2-4-13(12)16/h2-7,10,12H,8-9H2,1H3. The van der Waals surface area contributed by atoms with Crippen LogP contribution < -0.4 is 4.74 Å². The molecule has 1 aliphatic rings. The predicted octanol–water partition coefficient (Wildman–Crippen LogP) is 3.53. The summed E-state index contributed by atoms with van der Waals surface area (Å²) >= 11 is 0. The van der Waals surface area contributed by atoms with Gasteiger partial charge < -0.3 is 9.47 Å². The molecule has 4 heteroatoms. The molecule has 21 heavy (non-hydrogen) atoms. The van der Waals surface area contributed by atoms with Gasteiger partial charge in [-0.25, -0.2) is 9.18 Å². The minimum absolute atomic E-state index is 0.0287. The third kappa shape index (κ3) is 2.49. The summed E-state index contributed by atoms with van der Waals surface area (Å²) in [5.41, 5.74) is 1.93. The fraction of sp³-hybridized carbons (Fsp3) is 0.235. The number of hydrogen-bond acceptors (Lipinski definition) is 3. The second-order valence-corrected chi connectivity index (χ2v) is 4.96. The summed E-state index contributed by atoms with van der Waals surface area (Å²) < 4.78 is 24.0. The number of fused-ring (bicyclic) bond motifs is 1. The summed E-state index contributed by atoms with van der Waals surface area (Å²) in [4.78, 5) is 11.6. The van der Waals surface area contributed by atoms with Crippen LogP contribution in [-0.4, -0.2) is 19.7 Å². The molecule has 0 bridgehead atoms. The Kier molecular flexibility index (Phi) is 3.60. The van der Waals surface area contributed by atoms with Crippen molar-refractivity contribution in [3.8, 4) is 5.75 Å². The van der Waals surface area contributed by atoms with Crippen molar-refractivity contribution in [2.75, 3.05) is 13.7 Å². The maximum Gasteiger partial charge on any atom is 0.340 e. The molecule has 1 heterocycles. The molecule has 0 aliphatic carbocycles. The molecule has 0 saturated carbocycles. The van der Waals surface area contributed by atoms with E-state index in [1.807, 2.05) is 24.3 Å². The van der Waals surface area contributed by atoms with E-state index in [4.69, 9.17) is 4.74 Å². The zero-order valence-corrected chi connectivity index (χ0v) is 11.6. The summed E-state index contributed by atoms with van der Waals surface area (Å²) in [6.07, 6.45) is 0.795. The number of hydrogen-bond donors (Lipinski definition) is 0. The highest BCUT2D eigenvalue weighted by Gasteiger charge is 2.24. The van der Waals surface area contributed by atoms with E-state index in [9.17, 15) is 9.18 Å². The van der Waals surface area contributed by atoms with Gasteiger partial charge in [-0.1, -0.05) is 24.3 Å². The highest BCUT2D eigenvalue weighted by atomic mass is 19.1. The number of halogens is 1. The van der Waals surface area contributed by atoms with Gasteiger partial charge in [-0.3, -0.25) is 0 Å². The van der Waals surface area contributed by atoms with Gasteiger partial charge in [0.15, 0.2) is 0 Å². The normalized spacial score (nSPS) is 16.8. The molecule has 0 spiro atoms. The summed E-state index contributed by atoms with van der Waals surface area (Å²) in [5.74, 6) is -0.280. The van der Waals surface area contributed by atoms with Gasteiger partial charge >= 0.3 is 5.97 Å². The summed E-state index contributed by atoms with van der Waals surface area (Å²) in [7, 11) is 1.25. The molecule has 0 saturated heterocycles. The van der Waals surface area contributed by atoms with Crippen molar-refractivity contribution >= 4 is 5.97 Å². The zero-order chi connectivity index (χ0) is 14.8. The number of para-hydroxylation sites is 1. The molecule has 3 rings (SSSR count). The molecule has 3 nitrogen and oxygen atoms in total. The first kappa shape index (κ1) is 13.6. The molecule has 0 N–H and O–H groups in total. The molecule has 0 aromatic heterocycles. The molecule has 2 aromatic carbocycles. The summed E-state index contributed by atoms with van der Waals surface area (Å²) in [6.45, 7) is 0.604. The van der Waals surface area contributed by atoms with Gasteiger partial charge in [-0.05, 0) is 30.2 Å². The van der Waals surface area contributed by atoms with Gasteiger partial charge in [0.1, 0.15) is 11.6 Å². The van der Waals surface area contributed by atoms with E-state index in [-0.39, 0.29) is 11.5 Å². The number of rotatable bonds is 2. The molecule has 108 valence electrons. The number of esters is 1. The summed E-state index contributed by atoms with van der Waals surface area (Å²) in [5, 5.41) is 0. The molecular formula is C17H15FO3. The van der Waals surface area contributed by atoms with E-state index in [0.717, 1.165) is 23.3 Å². The van der Waals surface area contributed by atoms with Gasteiger partial charge in [-0.15, -0.1) is 0 Å². The average molecular weight is 286 g/mol. The maximum atomic E-state index is 13.7. The monoisotopic (exact) mass is 286 g/mol. The molecular weight excluding hydrogens is 271 g/mol. The first-order chi connectivity index (χ1) is 10.2. The van der Waals surface area contributed by atoms with Crippen molar-refractivity contribution in [2.24, 2.45) is 0 Å². The van der Waals surface area contributed by atoms with Gasteiger partial charge in [-0.2, -0.15) is 0 Å². The molecule has 0 radical (unpaired) electrons. The Morgan fingerprint density at radius 2 is 2.10 bits per heavy atom. The van der Waals surface area contributed by atoms with Crippen LogP contribution in [0.4, 0.5) is 4.39 Å². The average Bonchev–Trinajstić information content (AvgIpc) is 2.54. The minimum Gasteiger partial charge on any atom is -0.493 e. The lowest BCUT2D eigenvalue weighted by Gasteiger charge is -2.26. The Morgan fingerprint density at radius 1 is 1.29 bits per heavy atom. The van der Waals surface area contributed by atoms with Crippen LogP contribution >= 0.6 is 0 Å². The first-order valence-electron chi connectivity index (χ1n) is 6.80. The Hall–Kier alpha value is -2.36. The molecule has 0 fully saturated rings. The van der Waals surface area contributed by atoms with Crippen LogP contribution in [0.15, 0.2) is 42.5 Å². The van der Waals surface area contributed by atoms with Crippen LogP contribution in [0.1, 0.15) is 33.8 Å². The van der Waals surface area contributed by atoms with Crippen molar-refractivity contribution in [1.82, 2.24) is 0 Å². The van der Waals surface area contributed by atoms with E-state index in [1.165, 1.54) is 13.2 Å². The molecule has 1 atom stereocenters. The molecule has 2 aromatic rings. The van der Waals surface area contributed by atoms with Crippen molar-refractivity contribution in [3.05, 3.63) is 65.0 Å². The highest BCUT2D eigenvalue weighted by Crippen LogP contribution is 2.38. The van der Waals surface area contributed by atoms with Gasteiger partial charge in [0.25, 0.3) is 0 Å². The van der Waals surface area contributed by atoms with Crippen LogP contribution in [0.3, 0.4) is 0 Å². The minimum atomic E-state index is -0.658. The Balaban J connectivity index is 2.04. The highest BCUT2D eigenvalue weighted by molar-refractivity contribution is 5.89. The SMILES string of the molecule is COC(=O)c1cc(C2CCOc3ccccc32)ccc1F. The number of benzene rings is 2. The first-order valence-corrected chi connectivity index (χ1v) is 6.80. The fourth-order valence-electron chi connectivity index (χ4n) is 2.71. The molecule has 0 amide bonds. The second kappa shape index (κ2) is 5.56. The smallest absolute Gasteiger partial charge is 0.340 e. The van der Waals surface area contributed by atoms with Crippen LogP contribution in [0.5, 0.6) is 5.75 Å². The van der Waals surface area contributed by atoms with Gasteiger partial charge in [0.05, 0.1) is 19.3 Å². The third-order valence-corrected chi connectivity index (χ3v) is 3.76. The van der Waals surface area contributed by atoms with E-state index < -0.39 is 11.8 Å². The lowest BCUT2D eigenvalue weighted by Crippen LogP contribution is -2.16. The number of ether oxygens (including phenoxy) is 2. The van der Waals surface area contributed by atoms with Gasteiger partial charge in [0.2, 0.25) is 0 Å². The van der Waals surface area contributed by atoms with Crippen LogP contribution in [-0.2, 0) is 4.74 Å². The summed E-state index contributed by atoms with van der Waals surface area (Å²) in [6, 6.07) is 12.4. The number of methoxy groups -OCH3 is 1. The van der Waals surface area contributed by atoms with Gasteiger partial charge in [0, 0.05) is 11.5 Å². The van der Waals surface area contributed by atoms with Crippen molar-refractivity contribution in [3.63, 3.8) is 0 Å². The maximum absolute atomic E-state index is 13.7. The van der Waals surface area contributed by atoms with E-state index >= 15 is 0 Å². The molecule has 1 unspecified atom stereocenters. The van der Waals surface area contributed by atoms with Crippen molar-refractivity contribution in [1.29, 1.82) is 0 Å². The van der Waals surface area contributed by atoms with Crippen molar-refractivity contribution < 1.29 is 18.7 Å². The van der Waals surface area contributed by atoms with Crippen LogP contribution in [0, 0.1) is 5.82 Å². The Morgan fingerprint density at radius 3 is 2.90 bits per heavy atom. The third-order valence-electron chi connectivity index (χ3n) is 3.76. The van der Waals surface area contributed by atoms with E-state index in [2.05, 4.69) is 4.74 Å². The number of carbonyl (C=O) groups excluding carboxylic acids is 1. The topological polar surface area (TPSA) is 35.5 Å². The lowest BCUT2D eigenvalue weighted by molar-refractivity contribution is 0.0595. The predicted molar refractivity (Wildman–Crippen MR) is 76.1 cm³/mol. The Labute approximate surface area is 122 Å². The fourth-order valence-corrected chi connectivity index (χ4v) is 2.71. The van der Waals surface area contributed by atoms with Crippen LogP contribution in [0.2, 0.25) is 0 Å². The van der Waals surface area contributed by atoms with Crippen molar-refractivity contribution in [2.45, 2.75) is 12.3 Å².